The van der Waals surface area contributed by atoms with Crippen molar-refractivity contribution in [2.75, 3.05) is 33.5 Å². The maximum atomic E-state index is 12.7. The lowest BCUT2D eigenvalue weighted by Gasteiger charge is -2.25. The molecule has 0 aromatic heterocycles. The fraction of sp³-hybridized carbons (Fsp3) is 0.579. The second-order valence-electron chi connectivity index (χ2n) is 7.83. The average Bonchev–Trinajstić information content (AvgIpc) is 3.20. The second-order valence-corrected chi connectivity index (χ2v) is 7.83. The first-order valence-electron chi connectivity index (χ1n) is 8.86. The van der Waals surface area contributed by atoms with Crippen molar-refractivity contribution in [3.8, 4) is 11.5 Å². The molecule has 142 valence electrons. The van der Waals surface area contributed by atoms with Crippen molar-refractivity contribution in [2.45, 2.75) is 32.8 Å². The number of benzene rings is 1. The SMILES string of the molecule is CN(CC1CCN(C(=O)OC(C)(C)C)C1)C(=O)c1ccc2c(c1)OCO2. The molecule has 0 radical (unpaired) electrons. The molecule has 1 saturated heterocycles. The molecule has 0 aliphatic carbocycles. The number of carbonyl (C=O) groups excluding carboxylic acids is 2. The molecule has 1 unspecified atom stereocenters. The zero-order valence-corrected chi connectivity index (χ0v) is 15.8. The molecule has 2 amide bonds. The second kappa shape index (κ2) is 7.05. The van der Waals surface area contributed by atoms with Gasteiger partial charge < -0.3 is 24.0 Å². The molecule has 26 heavy (non-hydrogen) atoms. The summed E-state index contributed by atoms with van der Waals surface area (Å²) in [5.74, 6) is 1.43. The highest BCUT2D eigenvalue weighted by Gasteiger charge is 2.31. The first-order chi connectivity index (χ1) is 12.2. The summed E-state index contributed by atoms with van der Waals surface area (Å²) < 4.78 is 16.0. The first-order valence-corrected chi connectivity index (χ1v) is 8.86. The zero-order chi connectivity index (χ0) is 18.9. The minimum Gasteiger partial charge on any atom is -0.454 e. The molecule has 1 fully saturated rings. The number of likely N-dealkylation sites (tertiary alicyclic amines) is 1. The van der Waals surface area contributed by atoms with E-state index in [9.17, 15) is 9.59 Å². The predicted octanol–water partition coefficient (Wildman–Crippen LogP) is 2.74. The molecule has 0 saturated carbocycles. The summed E-state index contributed by atoms with van der Waals surface area (Å²) in [5.41, 5.74) is 0.0696. The van der Waals surface area contributed by atoms with Gasteiger partial charge in [-0.15, -0.1) is 0 Å². The Morgan fingerprint density at radius 1 is 1.27 bits per heavy atom. The molecule has 7 heteroatoms. The maximum Gasteiger partial charge on any atom is 0.410 e. The molecular weight excluding hydrogens is 336 g/mol. The van der Waals surface area contributed by atoms with Crippen molar-refractivity contribution < 1.29 is 23.8 Å². The lowest BCUT2D eigenvalue weighted by Crippen LogP contribution is -2.37. The zero-order valence-electron chi connectivity index (χ0n) is 15.8. The number of carbonyl (C=O) groups is 2. The summed E-state index contributed by atoms with van der Waals surface area (Å²) in [6.07, 6.45) is 0.572. The summed E-state index contributed by atoms with van der Waals surface area (Å²) in [6, 6.07) is 5.21. The largest absolute Gasteiger partial charge is 0.454 e. The highest BCUT2D eigenvalue weighted by Crippen LogP contribution is 2.33. The van der Waals surface area contributed by atoms with Gasteiger partial charge in [0.2, 0.25) is 6.79 Å². The Hall–Kier alpha value is -2.44. The standard InChI is InChI=1S/C19H26N2O5/c1-19(2,3)26-18(23)21-8-7-13(11-21)10-20(4)17(22)14-5-6-15-16(9-14)25-12-24-15/h5-6,9,13H,7-8,10-12H2,1-4H3. The van der Waals surface area contributed by atoms with Gasteiger partial charge in [0, 0.05) is 32.2 Å². The van der Waals surface area contributed by atoms with Crippen LogP contribution in [0.25, 0.3) is 0 Å². The van der Waals surface area contributed by atoms with E-state index in [2.05, 4.69) is 0 Å². The number of amides is 2. The van der Waals surface area contributed by atoms with Gasteiger partial charge in [-0.1, -0.05) is 0 Å². The van der Waals surface area contributed by atoms with Crippen molar-refractivity contribution in [3.63, 3.8) is 0 Å². The van der Waals surface area contributed by atoms with Crippen LogP contribution in [-0.4, -0.2) is 60.9 Å². The van der Waals surface area contributed by atoms with Gasteiger partial charge in [0.15, 0.2) is 11.5 Å². The first kappa shape index (κ1) is 18.4. The summed E-state index contributed by atoms with van der Waals surface area (Å²) in [5, 5.41) is 0. The Kier molecular flexibility index (Phi) is 4.98. The Bertz CT molecular complexity index is 698. The monoisotopic (exact) mass is 362 g/mol. The number of nitrogens with zero attached hydrogens (tertiary/aromatic N) is 2. The topological polar surface area (TPSA) is 68.3 Å². The van der Waals surface area contributed by atoms with E-state index < -0.39 is 5.60 Å². The normalized spacial score (nSPS) is 18.8. The quantitative estimate of drug-likeness (QED) is 0.827. The molecule has 3 rings (SSSR count). The van der Waals surface area contributed by atoms with Crippen LogP contribution >= 0.6 is 0 Å². The Morgan fingerprint density at radius 3 is 2.73 bits per heavy atom. The van der Waals surface area contributed by atoms with E-state index in [1.165, 1.54) is 0 Å². The minimum atomic E-state index is -0.499. The van der Waals surface area contributed by atoms with Crippen molar-refractivity contribution in [2.24, 2.45) is 5.92 Å². The van der Waals surface area contributed by atoms with Crippen LogP contribution in [0.15, 0.2) is 18.2 Å². The van der Waals surface area contributed by atoms with E-state index in [4.69, 9.17) is 14.2 Å². The smallest absolute Gasteiger partial charge is 0.410 e. The molecule has 1 atom stereocenters. The summed E-state index contributed by atoms with van der Waals surface area (Å²) >= 11 is 0. The molecule has 2 aliphatic rings. The van der Waals surface area contributed by atoms with E-state index >= 15 is 0 Å². The number of fused-ring (bicyclic) bond motifs is 1. The van der Waals surface area contributed by atoms with E-state index in [0.717, 1.165) is 6.42 Å². The van der Waals surface area contributed by atoms with Crippen LogP contribution in [0.3, 0.4) is 0 Å². The average molecular weight is 362 g/mol. The molecule has 7 nitrogen and oxygen atoms in total. The van der Waals surface area contributed by atoms with Crippen molar-refractivity contribution in [1.82, 2.24) is 9.80 Å². The van der Waals surface area contributed by atoms with Gasteiger partial charge in [0.05, 0.1) is 0 Å². The molecule has 0 spiro atoms. The number of ether oxygens (including phenoxy) is 3. The van der Waals surface area contributed by atoms with Gasteiger partial charge in [-0.25, -0.2) is 4.79 Å². The lowest BCUT2D eigenvalue weighted by atomic mass is 10.1. The van der Waals surface area contributed by atoms with Gasteiger partial charge in [0.1, 0.15) is 5.60 Å². The van der Waals surface area contributed by atoms with Gasteiger partial charge in [-0.05, 0) is 51.3 Å². The molecule has 1 aromatic carbocycles. The van der Waals surface area contributed by atoms with Crippen LogP contribution in [0, 0.1) is 5.92 Å². The molecule has 0 N–H and O–H groups in total. The molecule has 1 aromatic rings. The van der Waals surface area contributed by atoms with Gasteiger partial charge in [-0.2, -0.15) is 0 Å². The predicted molar refractivity (Wildman–Crippen MR) is 95.4 cm³/mol. The maximum absolute atomic E-state index is 12.7. The highest BCUT2D eigenvalue weighted by molar-refractivity contribution is 5.94. The highest BCUT2D eigenvalue weighted by atomic mass is 16.7. The van der Waals surface area contributed by atoms with Gasteiger partial charge in [-0.3, -0.25) is 4.79 Å². The van der Waals surface area contributed by atoms with Crippen molar-refractivity contribution >= 4 is 12.0 Å². The van der Waals surface area contributed by atoms with E-state index in [0.29, 0.717) is 36.7 Å². The van der Waals surface area contributed by atoms with Crippen LogP contribution in [0.1, 0.15) is 37.6 Å². The van der Waals surface area contributed by atoms with Crippen LogP contribution < -0.4 is 9.47 Å². The molecule has 0 bridgehead atoms. The third-order valence-electron chi connectivity index (χ3n) is 4.44. The minimum absolute atomic E-state index is 0.0704. The van der Waals surface area contributed by atoms with E-state index in [-0.39, 0.29) is 24.7 Å². The van der Waals surface area contributed by atoms with E-state index in [1.807, 2.05) is 20.8 Å². The van der Waals surface area contributed by atoms with Crippen molar-refractivity contribution in [3.05, 3.63) is 23.8 Å². The van der Waals surface area contributed by atoms with Crippen LogP contribution in [0.5, 0.6) is 11.5 Å². The third kappa shape index (κ3) is 4.20. The fourth-order valence-electron chi connectivity index (χ4n) is 3.19. The lowest BCUT2D eigenvalue weighted by molar-refractivity contribution is 0.0286. The number of hydrogen-bond acceptors (Lipinski definition) is 5. The third-order valence-corrected chi connectivity index (χ3v) is 4.44. The number of rotatable bonds is 3. The van der Waals surface area contributed by atoms with Crippen molar-refractivity contribution in [1.29, 1.82) is 0 Å². The molecular formula is C19H26N2O5. The van der Waals surface area contributed by atoms with Crippen LogP contribution in [-0.2, 0) is 4.74 Å². The fourth-order valence-corrected chi connectivity index (χ4v) is 3.19. The van der Waals surface area contributed by atoms with Crippen LogP contribution in [0.4, 0.5) is 4.79 Å². The summed E-state index contributed by atoms with van der Waals surface area (Å²) in [4.78, 5) is 28.2. The molecule has 2 aliphatic heterocycles. The molecule has 2 heterocycles. The summed E-state index contributed by atoms with van der Waals surface area (Å²) in [7, 11) is 1.78. The summed E-state index contributed by atoms with van der Waals surface area (Å²) in [6.45, 7) is 7.61. The van der Waals surface area contributed by atoms with Gasteiger partial charge in [0.25, 0.3) is 5.91 Å². The Labute approximate surface area is 153 Å². The number of hydrogen-bond donors (Lipinski definition) is 0. The van der Waals surface area contributed by atoms with Crippen LogP contribution in [0.2, 0.25) is 0 Å². The Morgan fingerprint density at radius 2 is 2.00 bits per heavy atom. The van der Waals surface area contributed by atoms with Gasteiger partial charge >= 0.3 is 6.09 Å². The van der Waals surface area contributed by atoms with E-state index in [1.54, 1.807) is 35.0 Å². The Balaban J connectivity index is 1.54.